The second-order valence-corrected chi connectivity index (χ2v) is 10.9. The summed E-state index contributed by atoms with van der Waals surface area (Å²) >= 11 is 0. The van der Waals surface area contributed by atoms with Crippen molar-refractivity contribution < 1.29 is 30.0 Å². The number of amides is 2. The molecule has 0 unspecified atom stereocenters. The highest BCUT2D eigenvalue weighted by atomic mass is 33.5. The van der Waals surface area contributed by atoms with E-state index >= 15 is 0 Å². The summed E-state index contributed by atoms with van der Waals surface area (Å²) in [6.45, 7) is 4.46. The first-order valence-corrected chi connectivity index (χ1v) is 13.6. The van der Waals surface area contributed by atoms with Gasteiger partial charge in [-0.1, -0.05) is 21.6 Å². The van der Waals surface area contributed by atoms with Crippen molar-refractivity contribution in [3.8, 4) is 0 Å². The third-order valence-electron chi connectivity index (χ3n) is 3.51. The molecule has 0 spiro atoms. The van der Waals surface area contributed by atoms with Crippen molar-refractivity contribution in [1.29, 1.82) is 0 Å². The topological polar surface area (TPSA) is 163 Å². The summed E-state index contributed by atoms with van der Waals surface area (Å²) < 4.78 is 0. The molecule has 0 aliphatic carbocycles. The zero-order chi connectivity index (χ0) is 22.8. The van der Waals surface area contributed by atoms with Gasteiger partial charge in [0.05, 0.1) is 18.2 Å². The average molecular weight is 489 g/mol. The van der Waals surface area contributed by atoms with Crippen LogP contribution in [0.3, 0.4) is 0 Å². The van der Waals surface area contributed by atoms with Gasteiger partial charge in [-0.3, -0.25) is 14.9 Å². The van der Waals surface area contributed by atoms with Crippen LogP contribution < -0.4 is 21.3 Å². The zero-order valence-corrected chi connectivity index (χ0v) is 20.0. The van der Waals surface area contributed by atoms with Crippen molar-refractivity contribution in [2.24, 2.45) is 0 Å². The molecular weight excluding hydrogens is 452 g/mol. The number of nitrogens with one attached hydrogen (secondary N) is 4. The van der Waals surface area contributed by atoms with Gasteiger partial charge in [0.25, 0.3) is 0 Å². The molecule has 0 aliphatic rings. The Balaban J connectivity index is 4.56. The van der Waals surface area contributed by atoms with Crippen LogP contribution in [0.5, 0.6) is 0 Å². The van der Waals surface area contributed by atoms with Gasteiger partial charge in [-0.25, -0.2) is 0 Å². The first-order chi connectivity index (χ1) is 14.3. The number of hydrogen-bond acceptors (Lipinski definition) is 11. The lowest BCUT2D eigenvalue weighted by molar-refractivity contribution is -0.123. The van der Waals surface area contributed by atoms with E-state index in [2.05, 4.69) is 21.3 Å². The molecule has 178 valence electrons. The van der Waals surface area contributed by atoms with Crippen LogP contribution in [0.25, 0.3) is 0 Å². The van der Waals surface area contributed by atoms with Crippen LogP contribution in [0, 0.1) is 0 Å². The lowest BCUT2D eigenvalue weighted by Crippen LogP contribution is -2.47. The van der Waals surface area contributed by atoms with Crippen molar-refractivity contribution in [2.75, 3.05) is 45.1 Å². The summed E-state index contributed by atoms with van der Waals surface area (Å²) in [7, 11) is 4.05. The molecule has 30 heavy (non-hydrogen) atoms. The quantitative estimate of drug-likeness (QED) is 0.0616. The predicted octanol–water partition coefficient (Wildman–Crippen LogP) is -1.35. The largest absolute Gasteiger partial charge is 0.396 e. The Morgan fingerprint density at radius 1 is 0.867 bits per heavy atom. The van der Waals surface area contributed by atoms with Gasteiger partial charge in [-0.2, -0.15) is 0 Å². The van der Waals surface area contributed by atoms with Crippen molar-refractivity contribution in [3.05, 3.63) is 0 Å². The Kier molecular flexibility index (Phi) is 19.3. The van der Waals surface area contributed by atoms with Crippen LogP contribution in [0.4, 0.5) is 0 Å². The minimum Gasteiger partial charge on any atom is -0.396 e. The maximum atomic E-state index is 12.3. The van der Waals surface area contributed by atoms with E-state index in [0.717, 1.165) is 0 Å². The maximum absolute atomic E-state index is 12.3. The Morgan fingerprint density at radius 3 is 1.93 bits per heavy atom. The normalized spacial score (nSPS) is 15.3. The maximum Gasteiger partial charge on any atom is 0.248 e. The van der Waals surface area contributed by atoms with Crippen LogP contribution in [0.15, 0.2) is 0 Å². The second kappa shape index (κ2) is 19.4. The Labute approximate surface area is 189 Å². The SMILES string of the molecule is C[C@H](O)CNC(=O)[C@@H](NCCCO)SSSC[C@H](NCCCO)C(=O)NC[C@@H](C)O. The van der Waals surface area contributed by atoms with Gasteiger partial charge in [0.1, 0.15) is 5.37 Å². The number of hydrogen-bond donors (Lipinski definition) is 8. The predicted molar refractivity (Wildman–Crippen MR) is 124 cm³/mol. The lowest BCUT2D eigenvalue weighted by Gasteiger charge is -2.20. The van der Waals surface area contributed by atoms with Gasteiger partial charge in [0.2, 0.25) is 11.8 Å². The molecule has 10 nitrogen and oxygen atoms in total. The van der Waals surface area contributed by atoms with Crippen LogP contribution in [0.1, 0.15) is 26.7 Å². The fourth-order valence-corrected chi connectivity index (χ4v) is 6.04. The molecule has 0 aromatic carbocycles. The average Bonchev–Trinajstić information content (AvgIpc) is 2.70. The van der Waals surface area contributed by atoms with E-state index in [1.54, 1.807) is 13.8 Å². The number of aliphatic hydroxyl groups is 4. The third-order valence-corrected chi connectivity index (χ3v) is 7.81. The molecular formula is C17H36N4O6S3. The molecule has 0 rings (SSSR count). The first-order valence-electron chi connectivity index (χ1n) is 9.86. The minimum atomic E-state index is -0.648. The monoisotopic (exact) mass is 488 g/mol. The molecule has 4 atom stereocenters. The second-order valence-electron chi connectivity index (χ2n) is 6.63. The molecule has 0 saturated heterocycles. The molecule has 0 fully saturated rings. The van der Waals surface area contributed by atoms with Gasteiger partial charge < -0.3 is 36.4 Å². The van der Waals surface area contributed by atoms with Gasteiger partial charge >= 0.3 is 0 Å². The standard InChI is InChI=1S/C17H36N4O6S3/c1-12(24)9-20-15(26)14(18-5-3-7-22)11-28-30-29-17(19-6-4-8-23)16(27)21-10-13(2)25/h12-14,17-19,22-25H,3-11H2,1-2H3,(H,20,26)(H,21,27)/t12-,13+,14+,17+/m1/s1. The van der Waals surface area contributed by atoms with E-state index in [9.17, 15) is 19.8 Å². The van der Waals surface area contributed by atoms with E-state index in [4.69, 9.17) is 10.2 Å². The summed E-state index contributed by atoms with van der Waals surface area (Å²) in [6, 6.07) is -0.502. The highest BCUT2D eigenvalue weighted by Crippen LogP contribution is 2.37. The molecule has 13 heteroatoms. The molecule has 0 bridgehead atoms. The van der Waals surface area contributed by atoms with E-state index < -0.39 is 23.6 Å². The summed E-state index contributed by atoms with van der Waals surface area (Å²) in [4.78, 5) is 24.6. The number of aliphatic hydroxyl groups excluding tert-OH is 4. The van der Waals surface area contributed by atoms with Gasteiger partial charge in [0.15, 0.2) is 0 Å². The van der Waals surface area contributed by atoms with Crippen molar-refractivity contribution in [1.82, 2.24) is 21.3 Å². The van der Waals surface area contributed by atoms with E-state index in [1.807, 2.05) is 0 Å². The molecule has 0 aromatic rings. The fourth-order valence-electron chi connectivity index (χ4n) is 1.94. The van der Waals surface area contributed by atoms with Crippen molar-refractivity contribution in [2.45, 2.75) is 50.3 Å². The van der Waals surface area contributed by atoms with Crippen LogP contribution >= 0.6 is 31.4 Å². The molecule has 2 amide bonds. The number of rotatable bonds is 19. The molecule has 0 aromatic heterocycles. The summed E-state index contributed by atoms with van der Waals surface area (Å²) in [5, 5.41) is 47.4. The van der Waals surface area contributed by atoms with Gasteiger partial charge in [-0.15, -0.1) is 0 Å². The summed E-state index contributed by atoms with van der Waals surface area (Å²) in [5.74, 6) is -0.0774. The van der Waals surface area contributed by atoms with E-state index in [-0.39, 0.29) is 38.1 Å². The van der Waals surface area contributed by atoms with Crippen LogP contribution in [-0.2, 0) is 9.59 Å². The van der Waals surface area contributed by atoms with Crippen molar-refractivity contribution >= 4 is 43.2 Å². The Hall–Kier alpha value is -0.250. The van der Waals surface area contributed by atoms with Crippen LogP contribution in [-0.4, -0.2) is 101 Å². The third kappa shape index (κ3) is 16.4. The number of carbonyl (C=O) groups is 2. The van der Waals surface area contributed by atoms with Gasteiger partial charge in [0, 0.05) is 32.1 Å². The zero-order valence-electron chi connectivity index (χ0n) is 17.5. The lowest BCUT2D eigenvalue weighted by atomic mass is 10.3. The molecule has 0 aliphatic heterocycles. The molecule has 8 N–H and O–H groups in total. The highest BCUT2D eigenvalue weighted by Gasteiger charge is 2.21. The summed E-state index contributed by atoms with van der Waals surface area (Å²) in [5.41, 5.74) is 0. The van der Waals surface area contributed by atoms with E-state index in [1.165, 1.54) is 31.4 Å². The van der Waals surface area contributed by atoms with Crippen LogP contribution in [0.2, 0.25) is 0 Å². The Morgan fingerprint density at radius 2 is 1.40 bits per heavy atom. The first kappa shape index (κ1) is 29.8. The highest BCUT2D eigenvalue weighted by molar-refractivity contribution is 9.09. The smallest absolute Gasteiger partial charge is 0.248 e. The minimum absolute atomic E-state index is 0.0182. The fraction of sp³-hybridized carbons (Fsp3) is 0.882. The molecule has 0 radical (unpaired) electrons. The Bertz CT molecular complexity index is 423. The molecule has 0 saturated carbocycles. The van der Waals surface area contributed by atoms with E-state index in [0.29, 0.717) is 31.7 Å². The number of carbonyl (C=O) groups excluding carboxylic acids is 2. The van der Waals surface area contributed by atoms with Crippen molar-refractivity contribution in [3.63, 3.8) is 0 Å². The van der Waals surface area contributed by atoms with Gasteiger partial charge in [-0.05, 0) is 49.6 Å². The molecule has 0 heterocycles. The summed E-state index contributed by atoms with van der Waals surface area (Å²) in [6.07, 6.45) is -0.258.